The van der Waals surface area contributed by atoms with E-state index in [1.165, 1.54) is 12.7 Å². The first kappa shape index (κ1) is 15.1. The molecule has 6 nitrogen and oxygen atoms in total. The van der Waals surface area contributed by atoms with Crippen LogP contribution in [0.4, 0.5) is 0 Å². The van der Waals surface area contributed by atoms with Crippen molar-refractivity contribution in [1.82, 2.24) is 19.7 Å². The first-order valence-corrected chi connectivity index (χ1v) is 7.37. The van der Waals surface area contributed by atoms with E-state index in [-0.39, 0.29) is 11.7 Å². The topological polar surface area (TPSA) is 69.9 Å². The fraction of sp³-hybridized carbons (Fsp3) is 0.294. The monoisotopic (exact) mass is 310 g/mol. The zero-order chi connectivity index (χ0) is 16.6. The number of nitrogens with zero attached hydrogens (tertiary/aromatic N) is 4. The number of ether oxygens (including phenoxy) is 1. The van der Waals surface area contributed by atoms with Gasteiger partial charge in [-0.2, -0.15) is 10.1 Å². The van der Waals surface area contributed by atoms with E-state index in [0.29, 0.717) is 29.0 Å². The van der Waals surface area contributed by atoms with Gasteiger partial charge in [0.25, 0.3) is 0 Å². The van der Waals surface area contributed by atoms with Crippen LogP contribution in [0.2, 0.25) is 0 Å². The average molecular weight is 310 g/mol. The number of carbonyl (C=O) groups excluding carboxylic acids is 1. The number of aldehydes is 1. The fourth-order valence-corrected chi connectivity index (χ4v) is 2.62. The van der Waals surface area contributed by atoms with Crippen molar-refractivity contribution in [2.45, 2.75) is 26.8 Å². The highest BCUT2D eigenvalue weighted by Gasteiger charge is 2.21. The molecule has 0 saturated heterocycles. The van der Waals surface area contributed by atoms with Gasteiger partial charge in [0, 0.05) is 0 Å². The van der Waals surface area contributed by atoms with Gasteiger partial charge in [-0.05, 0) is 26.3 Å². The molecule has 1 atom stereocenters. The second-order valence-electron chi connectivity index (χ2n) is 5.51. The highest BCUT2D eigenvalue weighted by Crippen LogP contribution is 2.29. The number of aromatic nitrogens is 4. The molecule has 0 amide bonds. The Morgan fingerprint density at radius 1 is 1.17 bits per heavy atom. The number of hydrogen-bond acceptors (Lipinski definition) is 5. The molecule has 0 aliphatic rings. The van der Waals surface area contributed by atoms with E-state index < -0.39 is 0 Å². The van der Waals surface area contributed by atoms with Crippen molar-refractivity contribution in [2.75, 3.05) is 7.11 Å². The van der Waals surface area contributed by atoms with Gasteiger partial charge in [-0.15, -0.1) is 0 Å². The predicted octanol–water partition coefficient (Wildman–Crippen LogP) is 2.87. The molecule has 0 aliphatic carbocycles. The molecule has 0 spiro atoms. The minimum Gasteiger partial charge on any atom is -0.480 e. The van der Waals surface area contributed by atoms with Crippen LogP contribution in [0.25, 0.3) is 11.0 Å². The van der Waals surface area contributed by atoms with Crippen LogP contribution < -0.4 is 4.74 Å². The quantitative estimate of drug-likeness (QED) is 0.693. The minimum atomic E-state index is -0.0641. The number of methoxy groups -OCH3 is 1. The van der Waals surface area contributed by atoms with E-state index in [9.17, 15) is 4.79 Å². The number of fused-ring (bicyclic) bond motifs is 1. The highest BCUT2D eigenvalue weighted by atomic mass is 16.5. The second kappa shape index (κ2) is 5.79. The Hall–Kier alpha value is -2.76. The molecule has 1 aromatic carbocycles. The lowest BCUT2D eigenvalue weighted by atomic mass is 10.1. The van der Waals surface area contributed by atoms with E-state index in [1.807, 2.05) is 13.8 Å². The molecule has 3 rings (SSSR count). The van der Waals surface area contributed by atoms with E-state index in [4.69, 9.17) is 4.74 Å². The molecule has 6 heteroatoms. The van der Waals surface area contributed by atoms with Crippen LogP contribution in [-0.4, -0.2) is 33.1 Å². The summed E-state index contributed by atoms with van der Waals surface area (Å²) in [5.41, 5.74) is 3.17. The summed E-state index contributed by atoms with van der Waals surface area (Å²) in [5.74, 6) is 0.945. The highest BCUT2D eigenvalue weighted by molar-refractivity contribution is 5.96. The Labute approximate surface area is 134 Å². The van der Waals surface area contributed by atoms with Crippen LogP contribution in [0.3, 0.4) is 0 Å². The molecule has 0 radical (unpaired) electrons. The predicted molar refractivity (Wildman–Crippen MR) is 87.0 cm³/mol. The maximum atomic E-state index is 11.4. The van der Waals surface area contributed by atoms with Gasteiger partial charge in [-0.25, -0.2) is 9.67 Å². The lowest BCUT2D eigenvalue weighted by molar-refractivity contribution is 0.111. The third kappa shape index (κ3) is 2.56. The van der Waals surface area contributed by atoms with Gasteiger partial charge in [0.05, 0.1) is 13.2 Å². The Bertz CT molecular complexity index is 868. The summed E-state index contributed by atoms with van der Waals surface area (Å²) < 4.78 is 7.05. The minimum absolute atomic E-state index is 0.0641. The third-order valence-electron chi connectivity index (χ3n) is 3.89. The third-order valence-corrected chi connectivity index (χ3v) is 3.89. The van der Waals surface area contributed by atoms with Crippen molar-refractivity contribution >= 4 is 17.3 Å². The lowest BCUT2D eigenvalue weighted by Gasteiger charge is -2.14. The van der Waals surface area contributed by atoms with Crippen molar-refractivity contribution in [3.63, 3.8) is 0 Å². The summed E-state index contributed by atoms with van der Waals surface area (Å²) in [6.07, 6.45) is 0.710. The van der Waals surface area contributed by atoms with Crippen LogP contribution in [0.15, 0.2) is 24.3 Å². The smallest absolute Gasteiger partial charge is 0.228 e. The zero-order valence-electron chi connectivity index (χ0n) is 13.6. The molecule has 0 fully saturated rings. The first-order chi connectivity index (χ1) is 11.0. The van der Waals surface area contributed by atoms with Crippen molar-refractivity contribution in [1.29, 1.82) is 0 Å². The summed E-state index contributed by atoms with van der Waals surface area (Å²) in [7, 11) is 1.52. The summed E-state index contributed by atoms with van der Waals surface area (Å²) in [4.78, 5) is 20.1. The average Bonchev–Trinajstić information content (AvgIpc) is 2.92. The molecule has 0 bridgehead atoms. The Balaban J connectivity index is 2.23. The maximum Gasteiger partial charge on any atom is 0.228 e. The van der Waals surface area contributed by atoms with Gasteiger partial charge in [0.1, 0.15) is 16.9 Å². The van der Waals surface area contributed by atoms with Gasteiger partial charge < -0.3 is 4.74 Å². The molecule has 0 N–H and O–H groups in total. The molecule has 2 heterocycles. The van der Waals surface area contributed by atoms with E-state index in [2.05, 4.69) is 39.3 Å². The summed E-state index contributed by atoms with van der Waals surface area (Å²) in [5, 5.41) is 4.97. The van der Waals surface area contributed by atoms with Crippen molar-refractivity contribution in [3.05, 3.63) is 46.9 Å². The van der Waals surface area contributed by atoms with Crippen molar-refractivity contribution < 1.29 is 9.53 Å². The SMILES string of the molecule is COc1nc(C)nc2c1c(C=O)nn2[C@@H](C)c1ccc(C)cc1. The number of aryl methyl sites for hydroxylation is 2. The van der Waals surface area contributed by atoms with Gasteiger partial charge in [0.15, 0.2) is 11.9 Å². The molecule has 3 aromatic rings. The van der Waals surface area contributed by atoms with Crippen LogP contribution in [-0.2, 0) is 0 Å². The fourth-order valence-electron chi connectivity index (χ4n) is 2.62. The standard InChI is InChI=1S/C17H18N4O2/c1-10-5-7-13(8-6-10)11(2)21-16-15(14(9-22)20-21)17(23-4)19-12(3)18-16/h5-9,11H,1-4H3/t11-/m0/s1. The molecular formula is C17H18N4O2. The van der Waals surface area contributed by atoms with Gasteiger partial charge >= 0.3 is 0 Å². The largest absolute Gasteiger partial charge is 0.480 e. The number of benzene rings is 1. The van der Waals surface area contributed by atoms with Crippen LogP contribution in [0, 0.1) is 13.8 Å². The Morgan fingerprint density at radius 3 is 2.48 bits per heavy atom. The van der Waals surface area contributed by atoms with Crippen LogP contribution in [0.1, 0.15) is 40.4 Å². The molecule has 0 aliphatic heterocycles. The Kier molecular flexibility index (Phi) is 3.82. The van der Waals surface area contributed by atoms with Crippen molar-refractivity contribution in [3.8, 4) is 5.88 Å². The second-order valence-corrected chi connectivity index (χ2v) is 5.51. The lowest BCUT2D eigenvalue weighted by Crippen LogP contribution is -2.10. The van der Waals surface area contributed by atoms with Gasteiger partial charge in [0.2, 0.25) is 5.88 Å². The summed E-state index contributed by atoms with van der Waals surface area (Å²) in [6.45, 7) is 5.86. The van der Waals surface area contributed by atoms with Gasteiger partial charge in [-0.1, -0.05) is 29.8 Å². The molecule has 23 heavy (non-hydrogen) atoms. The molecule has 2 aromatic heterocycles. The summed E-state index contributed by atoms with van der Waals surface area (Å²) in [6, 6.07) is 8.15. The van der Waals surface area contributed by atoms with Crippen molar-refractivity contribution in [2.24, 2.45) is 0 Å². The molecular weight excluding hydrogens is 292 g/mol. The zero-order valence-corrected chi connectivity index (χ0v) is 13.6. The Morgan fingerprint density at radius 2 is 1.87 bits per heavy atom. The van der Waals surface area contributed by atoms with E-state index >= 15 is 0 Å². The first-order valence-electron chi connectivity index (χ1n) is 7.37. The van der Waals surface area contributed by atoms with Crippen LogP contribution >= 0.6 is 0 Å². The maximum absolute atomic E-state index is 11.4. The molecule has 0 unspecified atom stereocenters. The van der Waals surface area contributed by atoms with Crippen LogP contribution in [0.5, 0.6) is 5.88 Å². The van der Waals surface area contributed by atoms with E-state index in [1.54, 1.807) is 11.6 Å². The van der Waals surface area contributed by atoms with Gasteiger partial charge in [-0.3, -0.25) is 4.79 Å². The summed E-state index contributed by atoms with van der Waals surface area (Å²) >= 11 is 0. The molecule has 0 saturated carbocycles. The number of rotatable bonds is 4. The van der Waals surface area contributed by atoms with E-state index in [0.717, 1.165) is 5.56 Å². The number of carbonyl (C=O) groups is 1. The molecule has 118 valence electrons. The normalized spacial score (nSPS) is 12.3. The number of hydrogen-bond donors (Lipinski definition) is 0.